The number of aryl methyl sites for hydroxylation is 2. The molecule has 3 amide bonds. The first kappa shape index (κ1) is 18.0. The van der Waals surface area contributed by atoms with Crippen LogP contribution in [0.3, 0.4) is 0 Å². The van der Waals surface area contributed by atoms with Crippen LogP contribution in [0.5, 0.6) is 0 Å². The molecule has 0 spiro atoms. The number of anilines is 1. The SMILES string of the molecule is Cc1cc(C)n(-c2cccc(NC(=O)NC(C)CN3CCCC3=O)c2)n1. The average molecular weight is 355 g/mol. The van der Waals surface area contributed by atoms with Gasteiger partial charge in [-0.3, -0.25) is 4.79 Å². The van der Waals surface area contributed by atoms with E-state index in [2.05, 4.69) is 15.7 Å². The number of aromatic nitrogens is 2. The normalized spacial score (nSPS) is 15.2. The topological polar surface area (TPSA) is 79.3 Å². The molecule has 138 valence electrons. The first-order chi connectivity index (χ1) is 12.4. The lowest BCUT2D eigenvalue weighted by Crippen LogP contribution is -2.44. The summed E-state index contributed by atoms with van der Waals surface area (Å²) in [6, 6.07) is 9.16. The molecule has 26 heavy (non-hydrogen) atoms. The fourth-order valence-corrected chi connectivity index (χ4v) is 3.27. The molecule has 0 radical (unpaired) electrons. The highest BCUT2D eigenvalue weighted by Gasteiger charge is 2.22. The van der Waals surface area contributed by atoms with Gasteiger partial charge in [0.05, 0.1) is 11.4 Å². The summed E-state index contributed by atoms with van der Waals surface area (Å²) in [6.07, 6.45) is 1.51. The molecular formula is C19H25N5O2. The van der Waals surface area contributed by atoms with Gasteiger partial charge in [0.15, 0.2) is 0 Å². The van der Waals surface area contributed by atoms with E-state index >= 15 is 0 Å². The Hall–Kier alpha value is -2.83. The van der Waals surface area contributed by atoms with Gasteiger partial charge in [0, 0.05) is 36.9 Å². The molecule has 2 N–H and O–H groups in total. The van der Waals surface area contributed by atoms with Gasteiger partial charge in [-0.25, -0.2) is 9.48 Å². The number of carbonyl (C=O) groups is 2. The number of nitrogens with one attached hydrogen (secondary N) is 2. The van der Waals surface area contributed by atoms with Crippen molar-refractivity contribution in [2.45, 2.75) is 39.7 Å². The van der Waals surface area contributed by atoms with Crippen molar-refractivity contribution in [3.8, 4) is 5.69 Å². The zero-order chi connectivity index (χ0) is 18.7. The minimum absolute atomic E-state index is 0.115. The van der Waals surface area contributed by atoms with Crippen LogP contribution < -0.4 is 10.6 Å². The number of rotatable bonds is 5. The van der Waals surface area contributed by atoms with Crippen LogP contribution in [0.4, 0.5) is 10.5 Å². The molecule has 1 aliphatic heterocycles. The van der Waals surface area contributed by atoms with Crippen molar-refractivity contribution < 1.29 is 9.59 Å². The molecule has 1 atom stereocenters. The van der Waals surface area contributed by atoms with Crippen LogP contribution in [-0.4, -0.2) is 45.8 Å². The Morgan fingerprint density at radius 3 is 2.77 bits per heavy atom. The van der Waals surface area contributed by atoms with E-state index in [0.717, 1.165) is 30.0 Å². The summed E-state index contributed by atoms with van der Waals surface area (Å²) in [5.74, 6) is 0.164. The molecule has 7 heteroatoms. The lowest BCUT2D eigenvalue weighted by atomic mass is 10.2. The molecule has 1 aromatic carbocycles. The van der Waals surface area contributed by atoms with E-state index in [4.69, 9.17) is 0 Å². The number of hydrogen-bond donors (Lipinski definition) is 2. The summed E-state index contributed by atoms with van der Waals surface area (Å²) in [5.41, 5.74) is 3.57. The van der Waals surface area contributed by atoms with Gasteiger partial charge < -0.3 is 15.5 Å². The molecule has 2 aromatic rings. The fraction of sp³-hybridized carbons (Fsp3) is 0.421. The highest BCUT2D eigenvalue weighted by Crippen LogP contribution is 2.17. The number of likely N-dealkylation sites (tertiary alicyclic amines) is 1. The Morgan fingerprint density at radius 2 is 2.12 bits per heavy atom. The van der Waals surface area contributed by atoms with E-state index in [0.29, 0.717) is 18.7 Å². The second-order valence-electron chi connectivity index (χ2n) is 6.83. The standard InChI is InChI=1S/C19H25N5O2/c1-13-10-15(3)24(22-13)17-7-4-6-16(11-17)21-19(26)20-14(2)12-23-9-5-8-18(23)25/h4,6-7,10-11,14H,5,8-9,12H2,1-3H3,(H2,20,21,26). The highest BCUT2D eigenvalue weighted by molar-refractivity contribution is 5.89. The van der Waals surface area contributed by atoms with Gasteiger partial charge in [-0.1, -0.05) is 6.07 Å². The monoisotopic (exact) mass is 355 g/mol. The number of nitrogens with zero attached hydrogens (tertiary/aromatic N) is 3. The Kier molecular flexibility index (Phi) is 5.25. The smallest absolute Gasteiger partial charge is 0.319 e. The fourth-order valence-electron chi connectivity index (χ4n) is 3.27. The molecule has 1 unspecified atom stereocenters. The Balaban J connectivity index is 1.60. The predicted octanol–water partition coefficient (Wildman–Crippen LogP) is 2.62. The summed E-state index contributed by atoms with van der Waals surface area (Å²) in [7, 11) is 0. The Labute approximate surface area is 153 Å². The van der Waals surface area contributed by atoms with E-state index < -0.39 is 0 Å². The molecule has 0 bridgehead atoms. The zero-order valence-electron chi connectivity index (χ0n) is 15.5. The van der Waals surface area contributed by atoms with E-state index in [9.17, 15) is 9.59 Å². The van der Waals surface area contributed by atoms with Crippen LogP contribution in [0.25, 0.3) is 5.69 Å². The third-order valence-corrected chi connectivity index (χ3v) is 4.40. The van der Waals surface area contributed by atoms with Crippen LogP contribution in [-0.2, 0) is 4.79 Å². The van der Waals surface area contributed by atoms with E-state index in [-0.39, 0.29) is 18.0 Å². The maximum atomic E-state index is 12.2. The zero-order valence-corrected chi connectivity index (χ0v) is 15.5. The largest absolute Gasteiger partial charge is 0.341 e. The van der Waals surface area contributed by atoms with Crippen molar-refractivity contribution in [2.24, 2.45) is 0 Å². The lowest BCUT2D eigenvalue weighted by Gasteiger charge is -2.21. The van der Waals surface area contributed by atoms with Gasteiger partial charge in [-0.2, -0.15) is 5.10 Å². The van der Waals surface area contributed by atoms with E-state index in [1.54, 1.807) is 4.90 Å². The first-order valence-electron chi connectivity index (χ1n) is 8.91. The number of hydrogen-bond acceptors (Lipinski definition) is 3. The third kappa shape index (κ3) is 4.22. The maximum absolute atomic E-state index is 12.2. The summed E-state index contributed by atoms with van der Waals surface area (Å²) >= 11 is 0. The van der Waals surface area contributed by atoms with Crippen LogP contribution in [0.2, 0.25) is 0 Å². The minimum Gasteiger partial charge on any atom is -0.341 e. The highest BCUT2D eigenvalue weighted by atomic mass is 16.2. The van der Waals surface area contributed by atoms with Gasteiger partial charge >= 0.3 is 6.03 Å². The molecule has 1 aliphatic rings. The quantitative estimate of drug-likeness (QED) is 0.865. The predicted molar refractivity (Wildman–Crippen MR) is 100 cm³/mol. The number of urea groups is 1. The van der Waals surface area contributed by atoms with Crippen molar-refractivity contribution in [3.63, 3.8) is 0 Å². The van der Waals surface area contributed by atoms with E-state index in [1.807, 2.05) is 55.8 Å². The third-order valence-electron chi connectivity index (χ3n) is 4.40. The molecule has 2 heterocycles. The van der Waals surface area contributed by atoms with Gasteiger partial charge in [-0.05, 0) is 51.5 Å². The summed E-state index contributed by atoms with van der Waals surface area (Å²) in [5, 5.41) is 10.2. The summed E-state index contributed by atoms with van der Waals surface area (Å²) in [4.78, 5) is 25.7. The number of amides is 3. The van der Waals surface area contributed by atoms with Crippen LogP contribution in [0, 0.1) is 13.8 Å². The van der Waals surface area contributed by atoms with Gasteiger partial charge in [-0.15, -0.1) is 0 Å². The van der Waals surface area contributed by atoms with Crippen LogP contribution in [0.1, 0.15) is 31.2 Å². The summed E-state index contributed by atoms with van der Waals surface area (Å²) in [6.45, 7) is 7.16. The first-order valence-corrected chi connectivity index (χ1v) is 8.91. The molecule has 1 fully saturated rings. The molecular weight excluding hydrogens is 330 g/mol. The van der Waals surface area contributed by atoms with Gasteiger partial charge in [0.2, 0.25) is 5.91 Å². The Morgan fingerprint density at radius 1 is 1.31 bits per heavy atom. The van der Waals surface area contributed by atoms with Crippen LogP contribution >= 0.6 is 0 Å². The lowest BCUT2D eigenvalue weighted by molar-refractivity contribution is -0.127. The van der Waals surface area contributed by atoms with Gasteiger partial charge in [0.1, 0.15) is 0 Å². The Bertz CT molecular complexity index is 814. The molecule has 7 nitrogen and oxygen atoms in total. The van der Waals surface area contributed by atoms with Crippen molar-refractivity contribution in [1.82, 2.24) is 20.0 Å². The second kappa shape index (κ2) is 7.59. The molecule has 1 aromatic heterocycles. The average Bonchev–Trinajstić information content (AvgIpc) is 3.12. The molecule has 0 aliphatic carbocycles. The van der Waals surface area contributed by atoms with Gasteiger partial charge in [0.25, 0.3) is 0 Å². The van der Waals surface area contributed by atoms with E-state index in [1.165, 1.54) is 0 Å². The van der Waals surface area contributed by atoms with Crippen molar-refractivity contribution in [1.29, 1.82) is 0 Å². The van der Waals surface area contributed by atoms with Crippen molar-refractivity contribution in [2.75, 3.05) is 18.4 Å². The van der Waals surface area contributed by atoms with Crippen molar-refractivity contribution in [3.05, 3.63) is 41.7 Å². The number of benzene rings is 1. The minimum atomic E-state index is -0.283. The molecule has 3 rings (SSSR count). The molecule has 0 saturated carbocycles. The maximum Gasteiger partial charge on any atom is 0.319 e. The second-order valence-corrected chi connectivity index (χ2v) is 6.83. The van der Waals surface area contributed by atoms with Crippen molar-refractivity contribution >= 4 is 17.6 Å². The number of carbonyl (C=O) groups excluding carboxylic acids is 2. The van der Waals surface area contributed by atoms with Crippen LogP contribution in [0.15, 0.2) is 30.3 Å². The molecule has 1 saturated heterocycles. The summed E-state index contributed by atoms with van der Waals surface area (Å²) < 4.78 is 1.85.